The summed E-state index contributed by atoms with van der Waals surface area (Å²) in [6.45, 7) is 3.62. The highest BCUT2D eigenvalue weighted by molar-refractivity contribution is 7.10. The van der Waals surface area contributed by atoms with Gasteiger partial charge in [-0.05, 0) is 43.6 Å². The molecule has 1 aromatic carbocycles. The normalized spacial score (nSPS) is 11.4. The zero-order valence-electron chi connectivity index (χ0n) is 11.0. The SMILES string of the molecule is C/C(=N/NC(=O)c1cccc(Cl)c1)c1c(C)nsc1N. The van der Waals surface area contributed by atoms with Crippen molar-refractivity contribution in [3.63, 3.8) is 0 Å². The topological polar surface area (TPSA) is 80.4 Å². The van der Waals surface area contributed by atoms with Gasteiger partial charge in [-0.2, -0.15) is 9.47 Å². The zero-order valence-corrected chi connectivity index (χ0v) is 12.5. The molecule has 20 heavy (non-hydrogen) atoms. The van der Waals surface area contributed by atoms with E-state index in [1.54, 1.807) is 31.2 Å². The molecule has 2 rings (SSSR count). The summed E-state index contributed by atoms with van der Waals surface area (Å²) in [6.07, 6.45) is 0. The molecule has 1 amide bonds. The van der Waals surface area contributed by atoms with Crippen LogP contribution >= 0.6 is 23.1 Å². The summed E-state index contributed by atoms with van der Waals surface area (Å²) in [5.74, 6) is -0.328. The lowest BCUT2D eigenvalue weighted by Crippen LogP contribution is -2.19. The number of carbonyl (C=O) groups excluding carboxylic acids is 1. The van der Waals surface area contributed by atoms with E-state index in [4.69, 9.17) is 17.3 Å². The summed E-state index contributed by atoms with van der Waals surface area (Å²) >= 11 is 7.04. The number of aromatic nitrogens is 1. The van der Waals surface area contributed by atoms with Crippen LogP contribution in [-0.2, 0) is 0 Å². The second-order valence-electron chi connectivity index (χ2n) is 4.16. The Labute approximate surface area is 125 Å². The number of rotatable bonds is 3. The third-order valence-corrected chi connectivity index (χ3v) is 3.66. The molecule has 0 aliphatic heterocycles. The van der Waals surface area contributed by atoms with Gasteiger partial charge in [0.15, 0.2) is 0 Å². The molecule has 1 aromatic heterocycles. The van der Waals surface area contributed by atoms with Gasteiger partial charge >= 0.3 is 0 Å². The van der Waals surface area contributed by atoms with E-state index in [1.807, 2.05) is 6.92 Å². The van der Waals surface area contributed by atoms with Crippen molar-refractivity contribution in [3.05, 3.63) is 46.1 Å². The lowest BCUT2D eigenvalue weighted by molar-refractivity contribution is 0.0955. The van der Waals surface area contributed by atoms with Crippen molar-refractivity contribution in [3.8, 4) is 0 Å². The average molecular weight is 309 g/mol. The Balaban J connectivity index is 2.15. The van der Waals surface area contributed by atoms with Gasteiger partial charge in [-0.3, -0.25) is 4.79 Å². The van der Waals surface area contributed by atoms with Gasteiger partial charge in [-0.1, -0.05) is 17.7 Å². The van der Waals surface area contributed by atoms with Gasteiger partial charge in [0.1, 0.15) is 5.00 Å². The second-order valence-corrected chi connectivity index (χ2v) is 5.40. The van der Waals surface area contributed by atoms with E-state index in [0.717, 1.165) is 11.3 Å². The number of nitrogen functional groups attached to an aromatic ring is 1. The molecule has 0 aliphatic rings. The molecular weight excluding hydrogens is 296 g/mol. The highest BCUT2D eigenvalue weighted by atomic mass is 35.5. The third-order valence-electron chi connectivity index (χ3n) is 2.66. The zero-order chi connectivity index (χ0) is 14.7. The summed E-state index contributed by atoms with van der Waals surface area (Å²) < 4.78 is 4.14. The van der Waals surface area contributed by atoms with E-state index in [2.05, 4.69) is 14.9 Å². The van der Waals surface area contributed by atoms with Crippen molar-refractivity contribution in [2.24, 2.45) is 5.10 Å². The van der Waals surface area contributed by atoms with E-state index in [0.29, 0.717) is 21.3 Å². The number of nitrogens with one attached hydrogen (secondary N) is 1. The van der Waals surface area contributed by atoms with Gasteiger partial charge < -0.3 is 5.73 Å². The number of carbonyl (C=O) groups is 1. The average Bonchev–Trinajstić information content (AvgIpc) is 2.75. The Morgan fingerprint density at radius 3 is 2.85 bits per heavy atom. The van der Waals surface area contributed by atoms with Crippen LogP contribution in [0.1, 0.15) is 28.5 Å². The van der Waals surface area contributed by atoms with E-state index in [-0.39, 0.29) is 5.91 Å². The first-order valence-electron chi connectivity index (χ1n) is 5.81. The maximum atomic E-state index is 11.9. The number of nitrogens with zero attached hydrogens (tertiary/aromatic N) is 2. The van der Waals surface area contributed by atoms with Crippen molar-refractivity contribution >= 4 is 39.8 Å². The maximum absolute atomic E-state index is 11.9. The fourth-order valence-electron chi connectivity index (χ4n) is 1.71. The number of aryl methyl sites for hydroxylation is 1. The van der Waals surface area contributed by atoms with Crippen molar-refractivity contribution in [1.29, 1.82) is 0 Å². The molecule has 0 spiro atoms. The molecule has 5 nitrogen and oxygen atoms in total. The molecule has 0 saturated heterocycles. The van der Waals surface area contributed by atoms with E-state index in [9.17, 15) is 4.79 Å². The predicted octanol–water partition coefficient (Wildman–Crippen LogP) is 2.84. The van der Waals surface area contributed by atoms with Crippen LogP contribution in [0.2, 0.25) is 5.02 Å². The standard InChI is InChI=1S/C13H13ClN4OS/c1-7(11-8(2)18-20-12(11)15)16-17-13(19)9-4-3-5-10(14)6-9/h3-6H,15H2,1-2H3,(H,17,19)/b16-7-. The van der Waals surface area contributed by atoms with Crippen LogP contribution < -0.4 is 11.2 Å². The molecule has 0 aliphatic carbocycles. The lowest BCUT2D eigenvalue weighted by atomic mass is 10.2. The minimum atomic E-state index is -0.328. The number of hydrazone groups is 1. The number of hydrogen-bond acceptors (Lipinski definition) is 5. The van der Waals surface area contributed by atoms with Gasteiger partial charge in [-0.25, -0.2) is 5.43 Å². The van der Waals surface area contributed by atoms with Crippen LogP contribution in [-0.4, -0.2) is 16.0 Å². The number of nitrogens with two attached hydrogens (primary N) is 1. The summed E-state index contributed by atoms with van der Waals surface area (Å²) in [7, 11) is 0. The monoisotopic (exact) mass is 308 g/mol. The Bertz CT molecular complexity index is 661. The molecule has 104 valence electrons. The predicted molar refractivity (Wildman–Crippen MR) is 82.4 cm³/mol. The Morgan fingerprint density at radius 1 is 1.50 bits per heavy atom. The highest BCUT2D eigenvalue weighted by Gasteiger charge is 2.11. The molecule has 7 heteroatoms. The van der Waals surface area contributed by atoms with Crippen molar-refractivity contribution in [2.45, 2.75) is 13.8 Å². The lowest BCUT2D eigenvalue weighted by Gasteiger charge is -2.03. The van der Waals surface area contributed by atoms with Crippen LogP contribution in [0.15, 0.2) is 29.4 Å². The first-order chi connectivity index (χ1) is 9.49. The van der Waals surface area contributed by atoms with Crippen LogP contribution in [0.4, 0.5) is 5.00 Å². The Kier molecular flexibility index (Phi) is 4.36. The van der Waals surface area contributed by atoms with Crippen LogP contribution in [0.5, 0.6) is 0 Å². The summed E-state index contributed by atoms with van der Waals surface area (Å²) in [4.78, 5) is 11.9. The molecule has 2 aromatic rings. The highest BCUT2D eigenvalue weighted by Crippen LogP contribution is 2.21. The maximum Gasteiger partial charge on any atom is 0.271 e. The summed E-state index contributed by atoms with van der Waals surface area (Å²) in [6, 6.07) is 6.65. The van der Waals surface area contributed by atoms with E-state index in [1.165, 1.54) is 11.5 Å². The number of halogens is 1. The Morgan fingerprint density at radius 2 is 2.25 bits per heavy atom. The molecule has 0 radical (unpaired) electrons. The molecule has 0 atom stereocenters. The van der Waals surface area contributed by atoms with E-state index < -0.39 is 0 Å². The largest absolute Gasteiger partial charge is 0.389 e. The first-order valence-corrected chi connectivity index (χ1v) is 6.96. The van der Waals surface area contributed by atoms with Crippen LogP contribution in [0.3, 0.4) is 0 Å². The summed E-state index contributed by atoms with van der Waals surface area (Å²) in [5, 5.41) is 5.14. The Hall–Kier alpha value is -1.92. The number of amides is 1. The van der Waals surface area contributed by atoms with Crippen LogP contribution in [0, 0.1) is 6.92 Å². The number of benzene rings is 1. The fraction of sp³-hybridized carbons (Fsp3) is 0.154. The fourth-order valence-corrected chi connectivity index (χ4v) is 2.62. The van der Waals surface area contributed by atoms with Crippen molar-refractivity contribution in [1.82, 2.24) is 9.80 Å². The van der Waals surface area contributed by atoms with Crippen molar-refractivity contribution < 1.29 is 4.79 Å². The second kappa shape index (κ2) is 6.02. The van der Waals surface area contributed by atoms with Crippen molar-refractivity contribution in [2.75, 3.05) is 5.73 Å². The smallest absolute Gasteiger partial charge is 0.271 e. The van der Waals surface area contributed by atoms with Gasteiger partial charge in [0.25, 0.3) is 5.91 Å². The third kappa shape index (κ3) is 3.15. The minimum Gasteiger partial charge on any atom is -0.389 e. The van der Waals surface area contributed by atoms with Gasteiger partial charge in [0, 0.05) is 10.6 Å². The van der Waals surface area contributed by atoms with Gasteiger partial charge in [0.2, 0.25) is 0 Å². The quantitative estimate of drug-likeness (QED) is 0.676. The van der Waals surface area contributed by atoms with Gasteiger partial charge in [-0.15, -0.1) is 0 Å². The molecular formula is C13H13ClN4OS. The van der Waals surface area contributed by atoms with E-state index >= 15 is 0 Å². The minimum absolute atomic E-state index is 0.328. The van der Waals surface area contributed by atoms with Gasteiger partial charge in [0.05, 0.1) is 17.0 Å². The summed E-state index contributed by atoms with van der Waals surface area (Å²) in [5.41, 5.74) is 10.9. The molecule has 0 unspecified atom stereocenters. The number of anilines is 1. The molecule has 0 bridgehead atoms. The molecule has 3 N–H and O–H groups in total. The molecule has 0 saturated carbocycles. The van der Waals surface area contributed by atoms with Crippen LogP contribution in [0.25, 0.3) is 0 Å². The number of hydrogen-bond donors (Lipinski definition) is 2. The first kappa shape index (κ1) is 14.5. The molecule has 0 fully saturated rings. The molecule has 1 heterocycles.